The first-order valence-electron chi connectivity index (χ1n) is 6.11. The van der Waals surface area contributed by atoms with Crippen LogP contribution in [0, 0.1) is 16.7 Å². The lowest BCUT2D eigenvalue weighted by Crippen LogP contribution is -2.38. The lowest BCUT2D eigenvalue weighted by molar-refractivity contribution is -0.156. The van der Waals surface area contributed by atoms with Gasteiger partial charge in [0.1, 0.15) is 6.10 Å². The first-order valence-corrected chi connectivity index (χ1v) is 6.11. The molecule has 0 radical (unpaired) electrons. The van der Waals surface area contributed by atoms with Crippen molar-refractivity contribution < 1.29 is 9.53 Å². The van der Waals surface area contributed by atoms with Gasteiger partial charge >= 0.3 is 5.97 Å². The second-order valence-electron chi connectivity index (χ2n) is 5.94. The van der Waals surface area contributed by atoms with Gasteiger partial charge in [0.15, 0.2) is 0 Å². The molecule has 0 amide bonds. The fourth-order valence-corrected chi connectivity index (χ4v) is 3.55. The summed E-state index contributed by atoms with van der Waals surface area (Å²) in [5, 5.41) is 0. The van der Waals surface area contributed by atoms with Crippen LogP contribution in [0.2, 0.25) is 0 Å². The van der Waals surface area contributed by atoms with Crippen molar-refractivity contribution in [2.75, 3.05) is 0 Å². The van der Waals surface area contributed by atoms with Crippen molar-refractivity contribution in [3.05, 3.63) is 0 Å². The molecule has 0 aromatic heterocycles. The van der Waals surface area contributed by atoms with Crippen molar-refractivity contribution in [3.63, 3.8) is 0 Å². The largest absolute Gasteiger partial charge is 0.462 e. The second-order valence-corrected chi connectivity index (χ2v) is 5.94. The van der Waals surface area contributed by atoms with Crippen molar-refractivity contribution >= 4 is 5.97 Å². The molecule has 2 aliphatic carbocycles. The first kappa shape index (κ1) is 11.0. The van der Waals surface area contributed by atoms with Crippen LogP contribution in [0.15, 0.2) is 0 Å². The number of ether oxygens (including phenoxy) is 1. The third kappa shape index (κ3) is 1.33. The number of fused-ring (bicyclic) bond motifs is 2. The van der Waals surface area contributed by atoms with Crippen LogP contribution in [0.25, 0.3) is 0 Å². The Morgan fingerprint density at radius 2 is 2.07 bits per heavy atom. The summed E-state index contributed by atoms with van der Waals surface area (Å²) in [4.78, 5) is 11.4. The highest BCUT2D eigenvalue weighted by atomic mass is 16.5. The van der Waals surface area contributed by atoms with Crippen LogP contribution >= 0.6 is 0 Å². The zero-order valence-corrected chi connectivity index (χ0v) is 10.3. The number of rotatable bonds is 2. The topological polar surface area (TPSA) is 26.3 Å². The summed E-state index contributed by atoms with van der Waals surface area (Å²) in [6.45, 7) is 8.84. The first-order chi connectivity index (χ1) is 6.91. The Balaban J connectivity index is 2.15. The van der Waals surface area contributed by atoms with Crippen molar-refractivity contribution in [3.8, 4) is 0 Å². The monoisotopic (exact) mass is 210 g/mol. The minimum atomic E-state index is -0.0374. The number of hydrogen-bond donors (Lipinski definition) is 0. The molecule has 15 heavy (non-hydrogen) atoms. The average molecular weight is 210 g/mol. The van der Waals surface area contributed by atoms with Crippen LogP contribution in [0.3, 0.4) is 0 Å². The molecule has 2 rings (SSSR count). The molecular weight excluding hydrogens is 188 g/mol. The Kier molecular flexibility index (Phi) is 2.36. The number of carbonyl (C=O) groups is 1. The van der Waals surface area contributed by atoms with Crippen LogP contribution in [0.4, 0.5) is 0 Å². The molecule has 0 aliphatic heterocycles. The molecule has 2 nitrogen and oxygen atoms in total. The minimum Gasteiger partial charge on any atom is -0.462 e. The predicted octanol–water partition coefficient (Wildman–Crippen LogP) is 3.15. The van der Waals surface area contributed by atoms with E-state index in [1.165, 1.54) is 12.8 Å². The predicted molar refractivity (Wildman–Crippen MR) is 59.4 cm³/mol. The third-order valence-corrected chi connectivity index (χ3v) is 5.28. The Morgan fingerprint density at radius 3 is 2.47 bits per heavy atom. The van der Waals surface area contributed by atoms with Gasteiger partial charge in [-0.25, -0.2) is 0 Å². The third-order valence-electron chi connectivity index (χ3n) is 5.28. The molecule has 0 N–H and O–H groups in total. The van der Waals surface area contributed by atoms with Gasteiger partial charge in [-0.2, -0.15) is 0 Å². The van der Waals surface area contributed by atoms with E-state index < -0.39 is 0 Å². The van der Waals surface area contributed by atoms with E-state index in [9.17, 15) is 4.79 Å². The molecule has 2 saturated carbocycles. The molecule has 0 aromatic carbocycles. The molecule has 2 bridgehead atoms. The Bertz CT molecular complexity index is 282. The maximum Gasteiger partial charge on any atom is 0.305 e. The normalized spacial score (nSPS) is 41.9. The van der Waals surface area contributed by atoms with Crippen LogP contribution < -0.4 is 0 Å². The van der Waals surface area contributed by atoms with Gasteiger partial charge in [-0.1, -0.05) is 27.7 Å². The van der Waals surface area contributed by atoms with E-state index in [1.807, 2.05) is 6.92 Å². The summed E-state index contributed by atoms with van der Waals surface area (Å²) < 4.78 is 5.59. The van der Waals surface area contributed by atoms with Gasteiger partial charge in [-0.05, 0) is 30.6 Å². The molecular formula is C13H22O2. The lowest BCUT2D eigenvalue weighted by Gasteiger charge is -2.38. The van der Waals surface area contributed by atoms with Gasteiger partial charge in [0.05, 0.1) is 0 Å². The summed E-state index contributed by atoms with van der Waals surface area (Å²) in [6.07, 6.45) is 4.27. The SMILES string of the molecule is CCC(=O)O[C@@H]1C[C@@H]2CC[C@@]1(C)C2(C)C. The van der Waals surface area contributed by atoms with Crippen LogP contribution in [0.5, 0.6) is 0 Å². The van der Waals surface area contributed by atoms with Gasteiger partial charge in [-0.3, -0.25) is 4.79 Å². The zero-order chi connectivity index (χ0) is 11.3. The number of esters is 1. The molecule has 2 aliphatic rings. The Labute approximate surface area is 92.4 Å². The standard InChI is InChI=1S/C13H22O2/c1-5-11(14)15-10-8-9-6-7-13(10,4)12(9,2)3/h9-10H,5-8H2,1-4H3/t9-,10+,13+/m0/s1. The highest BCUT2D eigenvalue weighted by Crippen LogP contribution is 2.66. The van der Waals surface area contributed by atoms with Gasteiger partial charge in [-0.15, -0.1) is 0 Å². The average Bonchev–Trinajstić information content (AvgIpc) is 2.50. The summed E-state index contributed by atoms with van der Waals surface area (Å²) >= 11 is 0. The number of carbonyl (C=O) groups excluding carboxylic acids is 1. The minimum absolute atomic E-state index is 0.0374. The van der Waals surface area contributed by atoms with Gasteiger partial charge in [0.2, 0.25) is 0 Å². The molecule has 86 valence electrons. The Morgan fingerprint density at radius 1 is 1.40 bits per heavy atom. The number of hydrogen-bond acceptors (Lipinski definition) is 2. The van der Waals surface area contributed by atoms with E-state index in [4.69, 9.17) is 4.74 Å². The van der Waals surface area contributed by atoms with E-state index in [-0.39, 0.29) is 17.5 Å². The van der Waals surface area contributed by atoms with Crippen LogP contribution in [-0.4, -0.2) is 12.1 Å². The van der Waals surface area contributed by atoms with Gasteiger partial charge in [0, 0.05) is 11.8 Å². The molecule has 0 saturated heterocycles. The lowest BCUT2D eigenvalue weighted by atomic mass is 9.70. The Hall–Kier alpha value is -0.530. The van der Waals surface area contributed by atoms with Crippen molar-refractivity contribution in [2.24, 2.45) is 16.7 Å². The molecule has 0 spiro atoms. The fraction of sp³-hybridized carbons (Fsp3) is 0.923. The van der Waals surface area contributed by atoms with Crippen LogP contribution in [-0.2, 0) is 9.53 Å². The van der Waals surface area contributed by atoms with Gasteiger partial charge < -0.3 is 4.74 Å². The molecule has 3 atom stereocenters. The quantitative estimate of drug-likeness (QED) is 0.654. The fourth-order valence-electron chi connectivity index (χ4n) is 3.55. The van der Waals surface area contributed by atoms with E-state index in [0.717, 1.165) is 12.3 Å². The molecule has 2 heteroatoms. The summed E-state index contributed by atoms with van der Waals surface area (Å²) in [7, 11) is 0. The van der Waals surface area contributed by atoms with E-state index in [0.29, 0.717) is 11.8 Å². The molecule has 2 fully saturated rings. The summed E-state index contributed by atoms with van der Waals surface area (Å²) in [5.74, 6) is 0.710. The highest BCUT2D eigenvalue weighted by Gasteiger charge is 2.62. The second kappa shape index (κ2) is 3.23. The maximum atomic E-state index is 11.4. The molecule has 0 unspecified atom stereocenters. The van der Waals surface area contributed by atoms with Crippen molar-refractivity contribution in [2.45, 2.75) is 59.5 Å². The van der Waals surface area contributed by atoms with E-state index in [2.05, 4.69) is 20.8 Å². The smallest absolute Gasteiger partial charge is 0.305 e. The summed E-state index contributed by atoms with van der Waals surface area (Å²) in [5.41, 5.74) is 0.550. The maximum absolute atomic E-state index is 11.4. The van der Waals surface area contributed by atoms with Crippen LogP contribution in [0.1, 0.15) is 53.4 Å². The molecule has 0 aromatic rings. The van der Waals surface area contributed by atoms with E-state index >= 15 is 0 Å². The highest BCUT2D eigenvalue weighted by molar-refractivity contribution is 5.69. The van der Waals surface area contributed by atoms with Gasteiger partial charge in [0.25, 0.3) is 0 Å². The van der Waals surface area contributed by atoms with Crippen molar-refractivity contribution in [1.29, 1.82) is 0 Å². The molecule has 0 heterocycles. The van der Waals surface area contributed by atoms with E-state index in [1.54, 1.807) is 0 Å². The zero-order valence-electron chi connectivity index (χ0n) is 10.3. The summed E-state index contributed by atoms with van der Waals surface area (Å²) in [6, 6.07) is 0. The van der Waals surface area contributed by atoms with Crippen molar-refractivity contribution in [1.82, 2.24) is 0 Å².